The van der Waals surface area contributed by atoms with Crippen LogP contribution in [0.3, 0.4) is 0 Å². The number of ether oxygens (including phenoxy) is 4. The first-order valence-corrected chi connectivity index (χ1v) is 10.3. The Morgan fingerprint density at radius 2 is 1.00 bits per heavy atom. The molecule has 0 atom stereocenters. The molecule has 0 aliphatic carbocycles. The number of benzene rings is 3. The van der Waals surface area contributed by atoms with Crippen molar-refractivity contribution in [3.05, 3.63) is 79.9 Å². The Morgan fingerprint density at radius 3 is 1.33 bits per heavy atom. The maximum atomic E-state index is 11.5. The predicted molar refractivity (Wildman–Crippen MR) is 133 cm³/mol. The van der Waals surface area contributed by atoms with Crippen molar-refractivity contribution in [2.45, 2.75) is 0 Å². The quantitative estimate of drug-likeness (QED) is 0.216. The molecule has 0 aliphatic rings. The van der Waals surface area contributed by atoms with Crippen molar-refractivity contribution >= 4 is 35.2 Å². The van der Waals surface area contributed by atoms with Gasteiger partial charge in [0.25, 0.3) is 11.4 Å². The molecule has 186 valence electrons. The number of aliphatic imine (C=N–C) groups is 2. The molecule has 0 aliphatic heterocycles. The van der Waals surface area contributed by atoms with Crippen LogP contribution in [0.4, 0.5) is 22.7 Å². The van der Waals surface area contributed by atoms with Crippen molar-refractivity contribution in [2.75, 3.05) is 28.4 Å². The lowest BCUT2D eigenvalue weighted by Gasteiger charge is -2.08. The Labute approximate surface area is 205 Å². The molecular formula is C24H22N4O8. The third-order valence-corrected chi connectivity index (χ3v) is 4.99. The summed E-state index contributed by atoms with van der Waals surface area (Å²) in [6.07, 6.45) is 2.67. The molecule has 0 amide bonds. The molecule has 0 saturated carbocycles. The van der Waals surface area contributed by atoms with Crippen molar-refractivity contribution in [1.82, 2.24) is 0 Å². The first-order chi connectivity index (χ1) is 17.3. The fraction of sp³-hybridized carbons (Fsp3) is 0.167. The van der Waals surface area contributed by atoms with E-state index in [2.05, 4.69) is 9.98 Å². The number of hydrogen-bond acceptors (Lipinski definition) is 10. The van der Waals surface area contributed by atoms with Crippen molar-refractivity contribution < 1.29 is 28.8 Å². The SMILES string of the molecule is COc1cc(/C=N\c2cccc(/N=C/c3cc(OC)c(OC)cc3[N+](=O)[O-])c2)c([N+](=O)[O-])cc1OC. The molecule has 12 heteroatoms. The lowest BCUT2D eigenvalue weighted by Crippen LogP contribution is -1.98. The van der Waals surface area contributed by atoms with E-state index in [9.17, 15) is 20.2 Å². The standard InChI is InChI=1S/C24H22N4O8/c1-33-21-8-15(19(27(29)30)11-23(21)35-3)13-25-17-6-5-7-18(10-17)26-14-16-9-22(34-2)24(36-4)12-20(16)28(31)32/h5-14H,1-4H3/b25-13-,26-14+. The van der Waals surface area contributed by atoms with Gasteiger partial charge < -0.3 is 18.9 Å². The average molecular weight is 494 g/mol. The van der Waals surface area contributed by atoms with E-state index in [1.165, 1.54) is 65.1 Å². The molecule has 0 spiro atoms. The maximum absolute atomic E-state index is 11.5. The lowest BCUT2D eigenvalue weighted by molar-refractivity contribution is -0.385. The van der Waals surface area contributed by atoms with E-state index >= 15 is 0 Å². The zero-order valence-corrected chi connectivity index (χ0v) is 19.8. The van der Waals surface area contributed by atoms with Crippen LogP contribution in [0.25, 0.3) is 0 Å². The Hall–Kier alpha value is -5.00. The molecule has 0 aromatic heterocycles. The number of nitrogens with zero attached hydrogens (tertiary/aromatic N) is 4. The summed E-state index contributed by atoms with van der Waals surface area (Å²) in [5.74, 6) is 1.09. The molecule has 0 fully saturated rings. The fourth-order valence-corrected chi connectivity index (χ4v) is 3.23. The van der Waals surface area contributed by atoms with Gasteiger partial charge in [-0.15, -0.1) is 0 Å². The van der Waals surface area contributed by atoms with Gasteiger partial charge >= 0.3 is 0 Å². The number of nitro benzene ring substituents is 2. The topological polar surface area (TPSA) is 148 Å². The van der Waals surface area contributed by atoms with Gasteiger partial charge in [0.2, 0.25) is 0 Å². The minimum atomic E-state index is -0.542. The van der Waals surface area contributed by atoms with Gasteiger partial charge in [0.15, 0.2) is 23.0 Å². The summed E-state index contributed by atoms with van der Waals surface area (Å²) in [7, 11) is 5.62. The zero-order valence-electron chi connectivity index (χ0n) is 19.8. The lowest BCUT2D eigenvalue weighted by atomic mass is 10.1. The fourth-order valence-electron chi connectivity index (χ4n) is 3.23. The smallest absolute Gasteiger partial charge is 0.282 e. The van der Waals surface area contributed by atoms with Gasteiger partial charge in [-0.1, -0.05) is 6.07 Å². The van der Waals surface area contributed by atoms with Crippen molar-refractivity contribution in [1.29, 1.82) is 0 Å². The average Bonchev–Trinajstić information content (AvgIpc) is 2.89. The summed E-state index contributed by atoms with van der Waals surface area (Å²) in [6.45, 7) is 0. The van der Waals surface area contributed by atoms with Gasteiger partial charge in [-0.25, -0.2) is 0 Å². The van der Waals surface area contributed by atoms with Crippen LogP contribution in [0.1, 0.15) is 11.1 Å². The van der Waals surface area contributed by atoms with Crippen LogP contribution in [0.5, 0.6) is 23.0 Å². The van der Waals surface area contributed by atoms with E-state index in [1.807, 2.05) is 0 Å². The van der Waals surface area contributed by atoms with Crippen molar-refractivity contribution in [3.8, 4) is 23.0 Å². The monoisotopic (exact) mass is 494 g/mol. The Kier molecular flexibility index (Phi) is 8.13. The third kappa shape index (κ3) is 5.73. The molecule has 36 heavy (non-hydrogen) atoms. The molecule has 0 heterocycles. The van der Waals surface area contributed by atoms with Crippen LogP contribution < -0.4 is 18.9 Å². The van der Waals surface area contributed by atoms with Crippen LogP contribution in [0.15, 0.2) is 58.5 Å². The second-order valence-electron chi connectivity index (χ2n) is 7.08. The van der Waals surface area contributed by atoms with E-state index in [0.717, 1.165) is 0 Å². The van der Waals surface area contributed by atoms with Crippen LogP contribution in [-0.4, -0.2) is 50.7 Å². The van der Waals surface area contributed by atoms with Gasteiger partial charge in [0.1, 0.15) is 0 Å². The molecule has 0 saturated heterocycles. The highest BCUT2D eigenvalue weighted by atomic mass is 16.6. The molecule has 3 aromatic rings. The van der Waals surface area contributed by atoms with Gasteiger partial charge in [-0.2, -0.15) is 0 Å². The van der Waals surface area contributed by atoms with E-state index in [1.54, 1.807) is 24.3 Å². The van der Waals surface area contributed by atoms with Crippen LogP contribution >= 0.6 is 0 Å². The second-order valence-corrected chi connectivity index (χ2v) is 7.08. The van der Waals surface area contributed by atoms with E-state index in [4.69, 9.17) is 18.9 Å². The van der Waals surface area contributed by atoms with Gasteiger partial charge in [0, 0.05) is 12.4 Å². The van der Waals surface area contributed by atoms with E-state index in [-0.39, 0.29) is 34.0 Å². The van der Waals surface area contributed by atoms with Crippen LogP contribution in [0, 0.1) is 20.2 Å². The molecule has 3 aromatic carbocycles. The van der Waals surface area contributed by atoms with Crippen molar-refractivity contribution in [2.24, 2.45) is 9.98 Å². The summed E-state index contributed by atoms with van der Waals surface area (Å²) in [5, 5.41) is 23.0. The first kappa shape index (κ1) is 25.6. The second kappa shape index (κ2) is 11.4. The minimum Gasteiger partial charge on any atom is -0.493 e. The Balaban J connectivity index is 1.94. The largest absolute Gasteiger partial charge is 0.493 e. The van der Waals surface area contributed by atoms with Crippen LogP contribution in [-0.2, 0) is 0 Å². The summed E-state index contributed by atoms with van der Waals surface area (Å²) in [4.78, 5) is 30.6. The molecule has 0 unspecified atom stereocenters. The van der Waals surface area contributed by atoms with Gasteiger partial charge in [-0.05, 0) is 30.3 Å². The number of rotatable bonds is 10. The molecule has 0 bridgehead atoms. The predicted octanol–water partition coefficient (Wildman–Crippen LogP) is 5.04. The summed E-state index contributed by atoms with van der Waals surface area (Å²) >= 11 is 0. The number of nitro groups is 2. The highest BCUT2D eigenvalue weighted by Gasteiger charge is 2.19. The number of hydrogen-bond donors (Lipinski definition) is 0. The normalized spacial score (nSPS) is 11.0. The zero-order chi connectivity index (χ0) is 26.2. The van der Waals surface area contributed by atoms with E-state index < -0.39 is 9.85 Å². The Bertz CT molecular complexity index is 1260. The number of methoxy groups -OCH3 is 4. The highest BCUT2D eigenvalue weighted by molar-refractivity contribution is 5.90. The summed E-state index contributed by atoms with van der Waals surface area (Å²) < 4.78 is 20.7. The maximum Gasteiger partial charge on any atom is 0.282 e. The third-order valence-electron chi connectivity index (χ3n) is 4.99. The highest BCUT2D eigenvalue weighted by Crippen LogP contribution is 2.35. The summed E-state index contributed by atoms with van der Waals surface area (Å²) in [6, 6.07) is 12.1. The first-order valence-electron chi connectivity index (χ1n) is 10.3. The van der Waals surface area contributed by atoms with Crippen LogP contribution in [0.2, 0.25) is 0 Å². The van der Waals surface area contributed by atoms with E-state index in [0.29, 0.717) is 22.9 Å². The molecule has 0 N–H and O–H groups in total. The van der Waals surface area contributed by atoms with Gasteiger partial charge in [-0.3, -0.25) is 30.2 Å². The molecular weight excluding hydrogens is 472 g/mol. The summed E-state index contributed by atoms with van der Waals surface area (Å²) in [5.41, 5.74) is 0.934. The molecule has 3 rings (SSSR count). The van der Waals surface area contributed by atoms with Crippen molar-refractivity contribution in [3.63, 3.8) is 0 Å². The molecule has 0 radical (unpaired) electrons. The molecule has 12 nitrogen and oxygen atoms in total. The minimum absolute atomic E-state index is 0.202. The van der Waals surface area contributed by atoms with Gasteiger partial charge in [0.05, 0.1) is 72.9 Å². The Morgan fingerprint density at radius 1 is 0.639 bits per heavy atom.